The second-order valence-corrected chi connectivity index (χ2v) is 8.06. The van der Waals surface area contributed by atoms with E-state index in [1.165, 1.54) is 5.56 Å². The van der Waals surface area contributed by atoms with E-state index in [0.29, 0.717) is 34.1 Å². The van der Waals surface area contributed by atoms with E-state index >= 15 is 0 Å². The molecule has 0 fully saturated rings. The molecule has 1 aliphatic heterocycles. The van der Waals surface area contributed by atoms with Gasteiger partial charge in [-0.05, 0) is 70.2 Å². The van der Waals surface area contributed by atoms with E-state index in [0.717, 1.165) is 5.56 Å². The number of hydrogen-bond donors (Lipinski definition) is 0. The molecule has 0 aromatic heterocycles. The summed E-state index contributed by atoms with van der Waals surface area (Å²) in [5, 5.41) is 0. The van der Waals surface area contributed by atoms with Gasteiger partial charge in [-0.1, -0.05) is 32.9 Å². The van der Waals surface area contributed by atoms with Crippen molar-refractivity contribution in [2.45, 2.75) is 40.0 Å². The van der Waals surface area contributed by atoms with Crippen LogP contribution in [0.15, 0.2) is 51.6 Å². The van der Waals surface area contributed by atoms with Gasteiger partial charge >= 0.3 is 11.9 Å². The maximum Gasteiger partial charge on any atom is 0.363 e. The van der Waals surface area contributed by atoms with Crippen molar-refractivity contribution in [3.05, 3.63) is 63.3 Å². The Kier molecular flexibility index (Phi) is 7.28. The molecule has 0 aliphatic carbocycles. The highest BCUT2D eigenvalue weighted by Gasteiger charge is 2.25. The van der Waals surface area contributed by atoms with Crippen LogP contribution in [0.3, 0.4) is 0 Å². The average Bonchev–Trinajstić information content (AvgIpc) is 3.10. The highest BCUT2D eigenvalue weighted by molar-refractivity contribution is 9.10. The molecule has 0 saturated heterocycles. The van der Waals surface area contributed by atoms with Crippen molar-refractivity contribution in [1.29, 1.82) is 0 Å². The Balaban J connectivity index is 1.92. The first-order valence-corrected chi connectivity index (χ1v) is 10.9. The number of rotatable bonds is 7. The quantitative estimate of drug-likeness (QED) is 0.288. The Hall–Kier alpha value is -2.93. The predicted molar refractivity (Wildman–Crippen MR) is 122 cm³/mol. The molecule has 2 aromatic rings. The zero-order valence-corrected chi connectivity index (χ0v) is 19.5. The molecule has 2 aromatic carbocycles. The third-order valence-corrected chi connectivity index (χ3v) is 5.17. The topological polar surface area (TPSA) is 74.2 Å². The molecule has 0 spiro atoms. The summed E-state index contributed by atoms with van der Waals surface area (Å²) in [7, 11) is 0. The van der Waals surface area contributed by atoms with Gasteiger partial charge in [0.1, 0.15) is 0 Å². The Labute approximate surface area is 190 Å². The van der Waals surface area contributed by atoms with E-state index in [2.05, 4.69) is 34.8 Å². The van der Waals surface area contributed by atoms with E-state index < -0.39 is 5.97 Å². The summed E-state index contributed by atoms with van der Waals surface area (Å²) in [4.78, 5) is 28.5. The summed E-state index contributed by atoms with van der Waals surface area (Å²) >= 11 is 3.42. The van der Waals surface area contributed by atoms with Crippen LogP contribution in [-0.4, -0.2) is 24.4 Å². The minimum Gasteiger partial charge on any atom is -0.490 e. The van der Waals surface area contributed by atoms with E-state index in [1.807, 2.05) is 31.2 Å². The monoisotopic (exact) mass is 485 g/mol. The number of benzene rings is 2. The largest absolute Gasteiger partial charge is 0.490 e. The SMILES string of the molecule is CCOc1cc(/C=C2\N=C(c3ccc(C(C)C)cc3)OC2=O)cc(Br)c1OC(=O)CC. The van der Waals surface area contributed by atoms with Gasteiger partial charge in [-0.3, -0.25) is 4.79 Å². The number of esters is 2. The molecule has 0 N–H and O–H groups in total. The fourth-order valence-corrected chi connectivity index (χ4v) is 3.46. The van der Waals surface area contributed by atoms with Crippen LogP contribution in [-0.2, 0) is 14.3 Å². The number of aliphatic imine (C=N–C) groups is 1. The van der Waals surface area contributed by atoms with Gasteiger partial charge in [0.15, 0.2) is 17.2 Å². The van der Waals surface area contributed by atoms with E-state index in [-0.39, 0.29) is 24.0 Å². The number of carbonyl (C=O) groups excluding carboxylic acids is 2. The van der Waals surface area contributed by atoms with E-state index in [1.54, 1.807) is 25.1 Å². The average molecular weight is 486 g/mol. The van der Waals surface area contributed by atoms with Crippen molar-refractivity contribution in [2.75, 3.05) is 6.61 Å². The summed E-state index contributed by atoms with van der Waals surface area (Å²) in [6.45, 7) is 8.17. The van der Waals surface area contributed by atoms with Crippen molar-refractivity contribution in [2.24, 2.45) is 4.99 Å². The van der Waals surface area contributed by atoms with Crippen LogP contribution in [0.4, 0.5) is 0 Å². The molecular formula is C24H24BrNO5. The Morgan fingerprint density at radius 3 is 2.52 bits per heavy atom. The number of halogens is 1. The first kappa shape index (κ1) is 22.7. The molecule has 0 atom stereocenters. The fraction of sp³-hybridized carbons (Fsp3) is 0.292. The van der Waals surface area contributed by atoms with E-state index in [9.17, 15) is 9.59 Å². The molecule has 1 aliphatic rings. The van der Waals surface area contributed by atoms with Gasteiger partial charge in [0.2, 0.25) is 5.90 Å². The molecule has 0 unspecified atom stereocenters. The normalized spacial score (nSPS) is 14.6. The lowest BCUT2D eigenvalue weighted by molar-refractivity contribution is -0.134. The lowest BCUT2D eigenvalue weighted by atomic mass is 10.0. The Morgan fingerprint density at radius 1 is 1.19 bits per heavy atom. The molecule has 0 amide bonds. The fourth-order valence-electron chi connectivity index (χ4n) is 2.92. The van der Waals surface area contributed by atoms with Crippen LogP contribution in [0.5, 0.6) is 11.5 Å². The zero-order valence-electron chi connectivity index (χ0n) is 17.9. The van der Waals surface area contributed by atoms with Crippen LogP contribution in [0.2, 0.25) is 0 Å². The van der Waals surface area contributed by atoms with Crippen LogP contribution in [0.1, 0.15) is 56.7 Å². The molecule has 0 radical (unpaired) electrons. The van der Waals surface area contributed by atoms with Gasteiger partial charge < -0.3 is 14.2 Å². The van der Waals surface area contributed by atoms with Crippen LogP contribution in [0, 0.1) is 0 Å². The van der Waals surface area contributed by atoms with Gasteiger partial charge in [0.05, 0.1) is 11.1 Å². The maximum absolute atomic E-state index is 12.4. The van der Waals surface area contributed by atoms with Crippen molar-refractivity contribution in [3.8, 4) is 11.5 Å². The maximum atomic E-state index is 12.4. The molecule has 0 saturated carbocycles. The first-order chi connectivity index (χ1) is 14.8. The van der Waals surface area contributed by atoms with Crippen LogP contribution in [0.25, 0.3) is 6.08 Å². The van der Waals surface area contributed by atoms with Crippen molar-refractivity contribution in [3.63, 3.8) is 0 Å². The minimum absolute atomic E-state index is 0.176. The summed E-state index contributed by atoms with van der Waals surface area (Å²) < 4.78 is 16.9. The van der Waals surface area contributed by atoms with Crippen LogP contribution < -0.4 is 9.47 Å². The predicted octanol–water partition coefficient (Wildman–Crippen LogP) is 5.63. The molecule has 1 heterocycles. The highest BCUT2D eigenvalue weighted by atomic mass is 79.9. The molecule has 0 bridgehead atoms. The van der Waals surface area contributed by atoms with Crippen LogP contribution >= 0.6 is 15.9 Å². The summed E-state index contributed by atoms with van der Waals surface area (Å²) in [5.41, 5.74) is 2.76. The second-order valence-electron chi connectivity index (χ2n) is 7.20. The summed E-state index contributed by atoms with van der Waals surface area (Å²) in [6.07, 6.45) is 1.85. The second kappa shape index (κ2) is 9.92. The third kappa shape index (κ3) is 5.41. The Morgan fingerprint density at radius 2 is 1.90 bits per heavy atom. The standard InChI is InChI=1S/C24H24BrNO5/c1-5-21(27)30-22-18(25)11-15(13-20(22)29-6-2)12-19-24(28)31-23(26-19)17-9-7-16(8-10-17)14(3)4/h7-14H,5-6H2,1-4H3/b19-12-. The third-order valence-electron chi connectivity index (χ3n) is 4.58. The van der Waals surface area contributed by atoms with Crippen molar-refractivity contribution >= 4 is 39.8 Å². The molecular weight excluding hydrogens is 462 g/mol. The van der Waals surface area contributed by atoms with Crippen molar-refractivity contribution in [1.82, 2.24) is 0 Å². The highest BCUT2D eigenvalue weighted by Crippen LogP contribution is 2.38. The molecule has 3 rings (SSSR count). The molecule has 31 heavy (non-hydrogen) atoms. The van der Waals surface area contributed by atoms with Crippen molar-refractivity contribution < 1.29 is 23.8 Å². The smallest absolute Gasteiger partial charge is 0.363 e. The minimum atomic E-state index is -0.529. The zero-order chi connectivity index (χ0) is 22.5. The van der Waals surface area contributed by atoms with Gasteiger partial charge in [0.25, 0.3) is 0 Å². The number of cyclic esters (lactones) is 1. The van der Waals surface area contributed by atoms with Gasteiger partial charge in [-0.25, -0.2) is 9.79 Å². The lowest BCUT2D eigenvalue weighted by Crippen LogP contribution is -2.08. The molecule has 7 heteroatoms. The van der Waals surface area contributed by atoms with Gasteiger partial charge in [0, 0.05) is 12.0 Å². The number of ether oxygens (including phenoxy) is 3. The molecule has 162 valence electrons. The summed E-state index contributed by atoms with van der Waals surface area (Å²) in [5.74, 6) is 0.479. The number of hydrogen-bond acceptors (Lipinski definition) is 6. The first-order valence-electron chi connectivity index (χ1n) is 10.1. The lowest BCUT2D eigenvalue weighted by Gasteiger charge is -2.13. The number of nitrogens with zero attached hydrogens (tertiary/aromatic N) is 1. The number of carbonyl (C=O) groups is 2. The molecule has 6 nitrogen and oxygen atoms in total. The van der Waals surface area contributed by atoms with E-state index in [4.69, 9.17) is 14.2 Å². The van der Waals surface area contributed by atoms with Gasteiger partial charge in [-0.15, -0.1) is 0 Å². The summed E-state index contributed by atoms with van der Waals surface area (Å²) in [6, 6.07) is 11.2. The Bertz CT molecular complexity index is 1050. The van der Waals surface area contributed by atoms with Gasteiger partial charge in [-0.2, -0.15) is 0 Å².